The van der Waals surface area contributed by atoms with Crippen molar-refractivity contribution in [1.82, 2.24) is 14.9 Å². The molecule has 1 amide bonds. The molecule has 0 saturated carbocycles. The summed E-state index contributed by atoms with van der Waals surface area (Å²) < 4.78 is 1.94. The molecule has 0 radical (unpaired) electrons. The van der Waals surface area contributed by atoms with Crippen LogP contribution in [0, 0.1) is 5.92 Å². The van der Waals surface area contributed by atoms with Gasteiger partial charge in [0.1, 0.15) is 0 Å². The lowest BCUT2D eigenvalue weighted by Gasteiger charge is -2.20. The fraction of sp³-hybridized carbons (Fsp3) is 0.692. The molecule has 5 heteroatoms. The first-order valence-corrected chi connectivity index (χ1v) is 6.37. The van der Waals surface area contributed by atoms with E-state index >= 15 is 0 Å². The SMILES string of the molecule is CC(C)CNC(=O)CCn1cncc1C(C)(C)N. The van der Waals surface area contributed by atoms with Gasteiger partial charge in [-0.15, -0.1) is 0 Å². The van der Waals surface area contributed by atoms with Crippen LogP contribution in [0.3, 0.4) is 0 Å². The van der Waals surface area contributed by atoms with Crippen molar-refractivity contribution >= 4 is 5.91 Å². The molecule has 0 bridgehead atoms. The van der Waals surface area contributed by atoms with E-state index in [9.17, 15) is 4.79 Å². The van der Waals surface area contributed by atoms with Crippen molar-refractivity contribution in [3.63, 3.8) is 0 Å². The number of aromatic nitrogens is 2. The molecule has 1 heterocycles. The average Bonchev–Trinajstić information content (AvgIpc) is 2.71. The predicted molar refractivity (Wildman–Crippen MR) is 71.9 cm³/mol. The van der Waals surface area contributed by atoms with Crippen molar-refractivity contribution in [1.29, 1.82) is 0 Å². The normalized spacial score (nSPS) is 11.9. The van der Waals surface area contributed by atoms with E-state index in [1.807, 2.05) is 18.4 Å². The van der Waals surface area contributed by atoms with E-state index in [0.717, 1.165) is 12.2 Å². The largest absolute Gasteiger partial charge is 0.356 e. The van der Waals surface area contributed by atoms with Crippen LogP contribution < -0.4 is 11.1 Å². The summed E-state index contributed by atoms with van der Waals surface area (Å²) in [7, 11) is 0. The number of carbonyl (C=O) groups excluding carboxylic acids is 1. The van der Waals surface area contributed by atoms with Gasteiger partial charge in [0.25, 0.3) is 0 Å². The van der Waals surface area contributed by atoms with Crippen LogP contribution in [0.25, 0.3) is 0 Å². The monoisotopic (exact) mass is 252 g/mol. The summed E-state index contributed by atoms with van der Waals surface area (Å²) in [5.41, 5.74) is 6.55. The first-order chi connectivity index (χ1) is 8.30. The zero-order chi connectivity index (χ0) is 13.8. The van der Waals surface area contributed by atoms with Crippen molar-refractivity contribution in [2.75, 3.05) is 6.54 Å². The topological polar surface area (TPSA) is 72.9 Å². The average molecular weight is 252 g/mol. The number of nitrogens with two attached hydrogens (primary N) is 1. The molecule has 0 aliphatic carbocycles. The Labute approximate surface area is 109 Å². The Hall–Kier alpha value is -1.36. The number of nitrogens with one attached hydrogen (secondary N) is 1. The van der Waals surface area contributed by atoms with Crippen LogP contribution >= 0.6 is 0 Å². The van der Waals surface area contributed by atoms with Gasteiger partial charge >= 0.3 is 0 Å². The minimum absolute atomic E-state index is 0.0678. The molecule has 3 N–H and O–H groups in total. The van der Waals surface area contributed by atoms with Crippen LogP contribution in [0.15, 0.2) is 12.5 Å². The summed E-state index contributed by atoms with van der Waals surface area (Å²) in [4.78, 5) is 15.7. The summed E-state index contributed by atoms with van der Waals surface area (Å²) in [6.07, 6.45) is 3.93. The van der Waals surface area contributed by atoms with Crippen LogP contribution in [-0.4, -0.2) is 22.0 Å². The van der Waals surface area contributed by atoms with Crippen molar-refractivity contribution in [2.24, 2.45) is 11.7 Å². The highest BCUT2D eigenvalue weighted by Crippen LogP contribution is 2.16. The molecule has 0 atom stereocenters. The molecule has 102 valence electrons. The van der Waals surface area contributed by atoms with E-state index in [-0.39, 0.29) is 5.91 Å². The summed E-state index contributed by atoms with van der Waals surface area (Å²) in [5, 5.41) is 2.90. The Morgan fingerprint density at radius 1 is 1.56 bits per heavy atom. The summed E-state index contributed by atoms with van der Waals surface area (Å²) >= 11 is 0. The molecule has 0 aliphatic heterocycles. The van der Waals surface area contributed by atoms with Gasteiger partial charge in [0, 0.05) is 25.7 Å². The highest BCUT2D eigenvalue weighted by atomic mass is 16.1. The summed E-state index contributed by atoms with van der Waals surface area (Å²) in [6.45, 7) is 9.34. The number of amides is 1. The van der Waals surface area contributed by atoms with Gasteiger partial charge in [0.2, 0.25) is 5.91 Å². The second-order valence-electron chi connectivity index (χ2n) is 5.64. The Balaban J connectivity index is 2.49. The van der Waals surface area contributed by atoms with Crippen molar-refractivity contribution < 1.29 is 4.79 Å². The Morgan fingerprint density at radius 3 is 2.78 bits per heavy atom. The molecule has 0 spiro atoms. The second-order valence-corrected chi connectivity index (χ2v) is 5.64. The van der Waals surface area contributed by atoms with E-state index in [1.54, 1.807) is 12.5 Å². The maximum Gasteiger partial charge on any atom is 0.221 e. The highest BCUT2D eigenvalue weighted by molar-refractivity contribution is 5.75. The number of hydrogen-bond acceptors (Lipinski definition) is 3. The lowest BCUT2D eigenvalue weighted by molar-refractivity contribution is -0.121. The molecule has 18 heavy (non-hydrogen) atoms. The van der Waals surface area contributed by atoms with Gasteiger partial charge in [0.05, 0.1) is 17.6 Å². The molecule has 0 saturated heterocycles. The van der Waals surface area contributed by atoms with Crippen LogP contribution in [0.2, 0.25) is 0 Å². The first kappa shape index (κ1) is 14.7. The van der Waals surface area contributed by atoms with Gasteiger partial charge in [-0.2, -0.15) is 0 Å². The number of aryl methyl sites for hydroxylation is 1. The van der Waals surface area contributed by atoms with E-state index in [0.29, 0.717) is 18.9 Å². The lowest BCUT2D eigenvalue weighted by atomic mass is 10.0. The van der Waals surface area contributed by atoms with E-state index in [2.05, 4.69) is 24.1 Å². The minimum atomic E-state index is -0.440. The standard InChI is InChI=1S/C13H24N4O/c1-10(2)7-16-12(18)5-6-17-9-15-8-11(17)13(3,4)14/h8-10H,5-7,14H2,1-4H3,(H,16,18). The van der Waals surface area contributed by atoms with Crippen molar-refractivity contribution in [3.05, 3.63) is 18.2 Å². The molecule has 1 rings (SSSR count). The zero-order valence-electron chi connectivity index (χ0n) is 11.7. The number of hydrogen-bond donors (Lipinski definition) is 2. The third kappa shape index (κ3) is 4.49. The third-order valence-corrected chi connectivity index (χ3v) is 2.66. The van der Waals surface area contributed by atoms with Crippen LogP contribution in [0.4, 0.5) is 0 Å². The van der Waals surface area contributed by atoms with Gasteiger partial charge < -0.3 is 15.6 Å². The smallest absolute Gasteiger partial charge is 0.221 e. The van der Waals surface area contributed by atoms with E-state index in [4.69, 9.17) is 5.73 Å². The van der Waals surface area contributed by atoms with Crippen molar-refractivity contribution in [3.8, 4) is 0 Å². The van der Waals surface area contributed by atoms with Gasteiger partial charge in [-0.25, -0.2) is 4.98 Å². The summed E-state index contributed by atoms with van der Waals surface area (Å²) in [6, 6.07) is 0. The molecule has 0 unspecified atom stereocenters. The number of imidazole rings is 1. The van der Waals surface area contributed by atoms with Gasteiger partial charge in [0.15, 0.2) is 0 Å². The van der Waals surface area contributed by atoms with Gasteiger partial charge in [-0.1, -0.05) is 13.8 Å². The summed E-state index contributed by atoms with van der Waals surface area (Å²) in [5.74, 6) is 0.541. The number of nitrogens with zero attached hydrogens (tertiary/aromatic N) is 2. The minimum Gasteiger partial charge on any atom is -0.356 e. The zero-order valence-corrected chi connectivity index (χ0v) is 11.7. The number of rotatable bonds is 6. The fourth-order valence-electron chi connectivity index (χ4n) is 1.66. The van der Waals surface area contributed by atoms with Crippen molar-refractivity contribution in [2.45, 2.75) is 46.2 Å². The number of carbonyl (C=O) groups is 1. The van der Waals surface area contributed by atoms with Crippen LogP contribution in [0.1, 0.15) is 39.8 Å². The molecule has 1 aromatic rings. The van der Waals surface area contributed by atoms with E-state index < -0.39 is 5.54 Å². The molecule has 0 fully saturated rings. The molecule has 0 aromatic carbocycles. The fourth-order valence-corrected chi connectivity index (χ4v) is 1.66. The lowest BCUT2D eigenvalue weighted by Crippen LogP contribution is -2.32. The van der Waals surface area contributed by atoms with Crippen LogP contribution in [0.5, 0.6) is 0 Å². The van der Waals surface area contributed by atoms with Crippen LogP contribution in [-0.2, 0) is 16.9 Å². The second kappa shape index (κ2) is 6.00. The molecule has 5 nitrogen and oxygen atoms in total. The van der Waals surface area contributed by atoms with E-state index in [1.165, 1.54) is 0 Å². The Bertz CT molecular complexity index is 390. The maximum atomic E-state index is 11.6. The highest BCUT2D eigenvalue weighted by Gasteiger charge is 2.19. The third-order valence-electron chi connectivity index (χ3n) is 2.66. The molecular formula is C13H24N4O. The van der Waals surface area contributed by atoms with Gasteiger partial charge in [-0.05, 0) is 19.8 Å². The molecular weight excluding hydrogens is 228 g/mol. The Kier molecular flexibility index (Phi) is 4.90. The molecule has 1 aromatic heterocycles. The Morgan fingerprint density at radius 2 is 2.22 bits per heavy atom. The first-order valence-electron chi connectivity index (χ1n) is 6.37. The predicted octanol–water partition coefficient (Wildman–Crippen LogP) is 1.24. The quantitative estimate of drug-likeness (QED) is 0.800. The molecule has 0 aliphatic rings. The van der Waals surface area contributed by atoms with Gasteiger partial charge in [-0.3, -0.25) is 4.79 Å². The maximum absolute atomic E-state index is 11.6.